The molecule has 1 atom stereocenters. The monoisotopic (exact) mass is 323 g/mol. The van der Waals surface area contributed by atoms with E-state index >= 15 is 0 Å². The first-order valence-electron chi connectivity index (χ1n) is 4.86. The molecule has 0 saturated carbocycles. The second-order valence-corrected chi connectivity index (χ2v) is 4.62. The van der Waals surface area contributed by atoms with Crippen LogP contribution in [0.4, 0.5) is 0 Å². The van der Waals surface area contributed by atoms with Crippen molar-refractivity contribution in [2.24, 2.45) is 0 Å². The Kier molecular flexibility index (Phi) is 4.72. The highest BCUT2D eigenvalue weighted by Gasteiger charge is 2.24. The van der Waals surface area contributed by atoms with Gasteiger partial charge < -0.3 is 4.74 Å². The highest BCUT2D eigenvalue weighted by molar-refractivity contribution is 14.1. The van der Waals surface area contributed by atoms with E-state index in [0.29, 0.717) is 3.58 Å². The zero-order chi connectivity index (χ0) is 11.4. The van der Waals surface area contributed by atoms with Crippen LogP contribution in [0.5, 0.6) is 0 Å². The minimum atomic E-state index is -0.191. The summed E-state index contributed by atoms with van der Waals surface area (Å²) >= 11 is 1.94. The molecule has 0 bridgehead atoms. The van der Waals surface area contributed by atoms with Gasteiger partial charge in [-0.1, -0.05) is 6.92 Å². The van der Waals surface area contributed by atoms with E-state index in [9.17, 15) is 9.59 Å². The molecule has 0 spiro atoms. The fraction of sp³-hybridized carbons (Fsp3) is 0.600. The number of amides is 1. The molecule has 1 aliphatic rings. The number of halogens is 1. The van der Waals surface area contributed by atoms with Crippen LogP contribution in [0.2, 0.25) is 0 Å². The molecule has 5 heteroatoms. The number of ketones is 1. The third kappa shape index (κ3) is 3.57. The highest BCUT2D eigenvalue weighted by Crippen LogP contribution is 2.18. The summed E-state index contributed by atoms with van der Waals surface area (Å²) in [5, 5.41) is 0. The van der Waals surface area contributed by atoms with Gasteiger partial charge in [0.1, 0.15) is 6.73 Å². The summed E-state index contributed by atoms with van der Waals surface area (Å²) < 4.78 is 6.01. The molecule has 0 aromatic rings. The van der Waals surface area contributed by atoms with Crippen LogP contribution in [0.1, 0.15) is 26.7 Å². The fourth-order valence-corrected chi connectivity index (χ4v) is 1.57. The van der Waals surface area contributed by atoms with Crippen LogP contribution in [0.3, 0.4) is 0 Å². The summed E-state index contributed by atoms with van der Waals surface area (Å²) in [5.74, 6) is -0.302. The molecule has 1 amide bonds. The molecule has 84 valence electrons. The highest BCUT2D eigenvalue weighted by atomic mass is 127. The molecule has 0 radical (unpaired) electrons. The molecule has 1 aliphatic heterocycles. The first kappa shape index (κ1) is 12.6. The quantitative estimate of drug-likeness (QED) is 0.586. The lowest BCUT2D eigenvalue weighted by molar-refractivity contribution is -0.138. The van der Waals surface area contributed by atoms with Gasteiger partial charge in [0.15, 0.2) is 5.78 Å². The molecule has 1 heterocycles. The van der Waals surface area contributed by atoms with Gasteiger partial charge in [-0.3, -0.25) is 14.5 Å². The largest absolute Gasteiger partial charge is 0.358 e. The lowest BCUT2D eigenvalue weighted by Crippen LogP contribution is -2.35. The van der Waals surface area contributed by atoms with Gasteiger partial charge >= 0.3 is 0 Å². The Balaban J connectivity index is 2.55. The van der Waals surface area contributed by atoms with Gasteiger partial charge in [-0.2, -0.15) is 0 Å². The number of allylic oxidation sites excluding steroid dienone is 1. The number of hydrogen-bond acceptors (Lipinski definition) is 3. The van der Waals surface area contributed by atoms with Crippen LogP contribution in [-0.2, 0) is 14.3 Å². The normalized spacial score (nSPS) is 19.1. The van der Waals surface area contributed by atoms with Gasteiger partial charge in [-0.25, -0.2) is 0 Å². The van der Waals surface area contributed by atoms with Crippen molar-refractivity contribution in [3.05, 3.63) is 9.78 Å². The van der Waals surface area contributed by atoms with Crippen molar-refractivity contribution >= 4 is 34.3 Å². The van der Waals surface area contributed by atoms with E-state index in [1.807, 2.05) is 36.4 Å². The Hall–Kier alpha value is -0.430. The van der Waals surface area contributed by atoms with E-state index in [-0.39, 0.29) is 30.9 Å². The van der Waals surface area contributed by atoms with Crippen molar-refractivity contribution in [2.75, 3.05) is 6.73 Å². The first-order valence-corrected chi connectivity index (χ1v) is 5.94. The molecular weight excluding hydrogens is 309 g/mol. The third-order valence-corrected chi connectivity index (χ3v) is 3.12. The van der Waals surface area contributed by atoms with Crippen molar-refractivity contribution in [2.45, 2.75) is 32.8 Å². The predicted octanol–water partition coefficient (Wildman–Crippen LogP) is 1.84. The average molecular weight is 323 g/mol. The summed E-state index contributed by atoms with van der Waals surface area (Å²) in [4.78, 5) is 24.1. The Labute approximate surface area is 103 Å². The number of Topliss-reactive ketones (excluding diaryl/α,β-unsaturated/α-hetero) is 1. The van der Waals surface area contributed by atoms with E-state index in [0.717, 1.165) is 6.42 Å². The van der Waals surface area contributed by atoms with E-state index in [4.69, 9.17) is 4.74 Å². The van der Waals surface area contributed by atoms with Crippen LogP contribution in [0.25, 0.3) is 0 Å². The van der Waals surface area contributed by atoms with Crippen LogP contribution in [-0.4, -0.2) is 29.4 Å². The summed E-state index contributed by atoms with van der Waals surface area (Å²) in [6.07, 6.45) is 2.54. The zero-order valence-corrected chi connectivity index (χ0v) is 11.0. The summed E-state index contributed by atoms with van der Waals surface area (Å²) in [7, 11) is 0. The molecule has 0 aromatic carbocycles. The Morgan fingerprint density at radius 1 is 1.60 bits per heavy atom. The molecular formula is C10H14INO3. The van der Waals surface area contributed by atoms with E-state index in [1.54, 1.807) is 6.20 Å². The molecule has 15 heavy (non-hydrogen) atoms. The number of rotatable bonds is 4. The van der Waals surface area contributed by atoms with Crippen LogP contribution in [0, 0.1) is 0 Å². The maximum absolute atomic E-state index is 11.4. The number of carbonyl (C=O) groups is 2. The van der Waals surface area contributed by atoms with Crippen LogP contribution in [0.15, 0.2) is 9.78 Å². The Morgan fingerprint density at radius 3 is 2.87 bits per heavy atom. The number of ether oxygens (including phenoxy) is 1. The second-order valence-electron chi connectivity index (χ2n) is 3.46. The minimum absolute atomic E-state index is 0.0430. The molecule has 4 nitrogen and oxygen atoms in total. The van der Waals surface area contributed by atoms with Gasteiger partial charge in [0, 0.05) is 6.20 Å². The predicted molar refractivity (Wildman–Crippen MR) is 64.3 cm³/mol. The lowest BCUT2D eigenvalue weighted by atomic mass is 10.2. The summed E-state index contributed by atoms with van der Waals surface area (Å²) in [6.45, 7) is 4.20. The van der Waals surface area contributed by atoms with E-state index in [1.165, 1.54) is 4.90 Å². The van der Waals surface area contributed by atoms with Crippen molar-refractivity contribution in [1.29, 1.82) is 0 Å². The molecule has 0 fully saturated rings. The lowest BCUT2D eigenvalue weighted by Gasteiger charge is -2.23. The smallest absolute Gasteiger partial charge is 0.236 e. The van der Waals surface area contributed by atoms with E-state index < -0.39 is 0 Å². The first-order chi connectivity index (χ1) is 7.04. The standard InChI is InChI=1S/C10H14INO3/c1-3-7(2)15-6-12-5-8(11)9(13)4-10(12)14/h5,7H,3-4,6H2,1-2H3/t7-/m1/s1. The zero-order valence-electron chi connectivity index (χ0n) is 8.83. The van der Waals surface area contributed by atoms with Crippen LogP contribution >= 0.6 is 22.6 Å². The van der Waals surface area contributed by atoms with E-state index in [2.05, 4.69) is 0 Å². The topological polar surface area (TPSA) is 46.6 Å². The molecule has 0 unspecified atom stereocenters. The number of nitrogens with zero attached hydrogens (tertiary/aromatic N) is 1. The SMILES string of the molecule is CC[C@@H](C)OCN1C=C(I)C(=O)CC1=O. The molecule has 0 N–H and O–H groups in total. The molecule has 1 rings (SSSR count). The Bertz CT molecular complexity index is 301. The van der Waals surface area contributed by atoms with Crippen molar-refractivity contribution in [1.82, 2.24) is 4.90 Å². The average Bonchev–Trinajstić information content (AvgIpc) is 2.21. The number of carbonyl (C=O) groups excluding carboxylic acids is 2. The maximum Gasteiger partial charge on any atom is 0.236 e. The van der Waals surface area contributed by atoms with Crippen molar-refractivity contribution in [3.63, 3.8) is 0 Å². The molecule has 0 aromatic heterocycles. The Morgan fingerprint density at radius 2 is 2.27 bits per heavy atom. The number of hydrogen-bond donors (Lipinski definition) is 0. The van der Waals surface area contributed by atoms with Gasteiger partial charge in [-0.15, -0.1) is 0 Å². The molecule has 0 saturated heterocycles. The van der Waals surface area contributed by atoms with Gasteiger partial charge in [0.25, 0.3) is 0 Å². The van der Waals surface area contributed by atoms with Crippen molar-refractivity contribution in [3.8, 4) is 0 Å². The second kappa shape index (κ2) is 5.60. The third-order valence-electron chi connectivity index (χ3n) is 2.24. The van der Waals surface area contributed by atoms with Crippen LogP contribution < -0.4 is 0 Å². The minimum Gasteiger partial charge on any atom is -0.358 e. The van der Waals surface area contributed by atoms with Gasteiger partial charge in [0.2, 0.25) is 5.91 Å². The fourth-order valence-electron chi connectivity index (χ4n) is 1.04. The molecule has 0 aliphatic carbocycles. The van der Waals surface area contributed by atoms with Crippen molar-refractivity contribution < 1.29 is 14.3 Å². The maximum atomic E-state index is 11.4. The van der Waals surface area contributed by atoms with Gasteiger partial charge in [-0.05, 0) is 35.9 Å². The summed E-state index contributed by atoms with van der Waals surface area (Å²) in [5.41, 5.74) is 0. The summed E-state index contributed by atoms with van der Waals surface area (Å²) in [6, 6.07) is 0. The van der Waals surface area contributed by atoms with Gasteiger partial charge in [0.05, 0.1) is 16.1 Å².